The van der Waals surface area contributed by atoms with Gasteiger partial charge in [0.2, 0.25) is 0 Å². The molecule has 0 aliphatic carbocycles. The first kappa shape index (κ1) is 16.2. The number of rotatable bonds is 5. The van der Waals surface area contributed by atoms with E-state index < -0.39 is 0 Å². The Bertz CT molecular complexity index is 581. The lowest BCUT2D eigenvalue weighted by atomic mass is 9.93. The van der Waals surface area contributed by atoms with Gasteiger partial charge in [0.25, 0.3) is 0 Å². The van der Waals surface area contributed by atoms with Gasteiger partial charge in [0, 0.05) is 23.3 Å². The lowest BCUT2D eigenvalue weighted by Gasteiger charge is -2.14. The van der Waals surface area contributed by atoms with Crippen molar-refractivity contribution in [2.24, 2.45) is 5.73 Å². The lowest BCUT2D eigenvalue weighted by molar-refractivity contribution is 0.564. The summed E-state index contributed by atoms with van der Waals surface area (Å²) in [5, 5.41) is 3.33. The molecular weight excluding hydrogens is 276 g/mol. The molecule has 1 unspecified atom stereocenters. The van der Waals surface area contributed by atoms with Crippen LogP contribution in [-0.4, -0.2) is 11.0 Å². The highest BCUT2D eigenvalue weighted by molar-refractivity contribution is 7.09. The summed E-state index contributed by atoms with van der Waals surface area (Å²) < 4.78 is 0. The van der Waals surface area contributed by atoms with Gasteiger partial charge < -0.3 is 5.73 Å². The maximum Gasteiger partial charge on any atom is 0.0943 e. The molecule has 1 heterocycles. The van der Waals surface area contributed by atoms with Crippen LogP contribution >= 0.6 is 11.3 Å². The minimum Gasteiger partial charge on any atom is -0.327 e. The molecule has 1 aromatic carbocycles. The maximum atomic E-state index is 6.29. The van der Waals surface area contributed by atoms with Crippen LogP contribution in [0.3, 0.4) is 0 Å². The SMILES string of the molecule is Cc1ccccc1CCC(N)Cc1nc(C(C)(C)C)cs1. The van der Waals surface area contributed by atoms with Crippen LogP contribution in [0.2, 0.25) is 0 Å². The Hall–Kier alpha value is -1.19. The second-order valence-electron chi connectivity index (χ2n) is 6.81. The van der Waals surface area contributed by atoms with Crippen molar-refractivity contribution in [1.29, 1.82) is 0 Å². The molecule has 2 nitrogen and oxygen atoms in total. The first-order valence-corrected chi connectivity index (χ1v) is 8.49. The summed E-state index contributed by atoms with van der Waals surface area (Å²) in [4.78, 5) is 4.73. The zero-order chi connectivity index (χ0) is 15.5. The van der Waals surface area contributed by atoms with Crippen LogP contribution in [-0.2, 0) is 18.3 Å². The summed E-state index contributed by atoms with van der Waals surface area (Å²) in [6.45, 7) is 8.76. The molecule has 21 heavy (non-hydrogen) atoms. The topological polar surface area (TPSA) is 38.9 Å². The summed E-state index contributed by atoms with van der Waals surface area (Å²) in [5.41, 5.74) is 10.3. The van der Waals surface area contributed by atoms with Crippen LogP contribution in [0.5, 0.6) is 0 Å². The fourth-order valence-corrected chi connectivity index (χ4v) is 3.42. The molecule has 0 saturated carbocycles. The van der Waals surface area contributed by atoms with E-state index in [1.807, 2.05) is 0 Å². The molecule has 0 saturated heterocycles. The smallest absolute Gasteiger partial charge is 0.0943 e. The van der Waals surface area contributed by atoms with Crippen molar-refractivity contribution in [3.63, 3.8) is 0 Å². The Morgan fingerprint density at radius 3 is 2.57 bits per heavy atom. The molecule has 2 aromatic rings. The van der Waals surface area contributed by atoms with Crippen LogP contribution in [0.15, 0.2) is 29.6 Å². The van der Waals surface area contributed by atoms with E-state index in [0.29, 0.717) is 0 Å². The summed E-state index contributed by atoms with van der Waals surface area (Å²) >= 11 is 1.74. The molecule has 0 aliphatic rings. The van der Waals surface area contributed by atoms with Crippen LogP contribution in [0.4, 0.5) is 0 Å². The van der Waals surface area contributed by atoms with Crippen LogP contribution < -0.4 is 5.73 Å². The summed E-state index contributed by atoms with van der Waals surface area (Å²) in [6, 6.07) is 8.73. The highest BCUT2D eigenvalue weighted by Crippen LogP contribution is 2.24. The second kappa shape index (κ2) is 6.71. The van der Waals surface area contributed by atoms with Crippen molar-refractivity contribution in [2.75, 3.05) is 0 Å². The number of nitrogens with zero attached hydrogens (tertiary/aromatic N) is 1. The van der Waals surface area contributed by atoms with Gasteiger partial charge in [-0.15, -0.1) is 11.3 Å². The fourth-order valence-electron chi connectivity index (χ4n) is 2.31. The summed E-state index contributed by atoms with van der Waals surface area (Å²) in [5.74, 6) is 0. The minimum absolute atomic E-state index is 0.125. The third kappa shape index (κ3) is 4.65. The van der Waals surface area contributed by atoms with Crippen molar-refractivity contribution in [3.05, 3.63) is 51.5 Å². The van der Waals surface area contributed by atoms with E-state index in [2.05, 4.69) is 57.3 Å². The molecule has 0 radical (unpaired) electrons. The van der Waals surface area contributed by atoms with E-state index >= 15 is 0 Å². The number of hydrogen-bond acceptors (Lipinski definition) is 3. The van der Waals surface area contributed by atoms with E-state index in [-0.39, 0.29) is 11.5 Å². The Balaban J connectivity index is 1.89. The normalized spacial score (nSPS) is 13.4. The van der Waals surface area contributed by atoms with Gasteiger partial charge >= 0.3 is 0 Å². The third-order valence-electron chi connectivity index (χ3n) is 3.80. The number of thiazole rings is 1. The van der Waals surface area contributed by atoms with Crippen molar-refractivity contribution in [1.82, 2.24) is 4.98 Å². The number of hydrogen-bond donors (Lipinski definition) is 1. The molecule has 0 aliphatic heterocycles. The Labute approximate surface area is 132 Å². The molecule has 114 valence electrons. The first-order chi connectivity index (χ1) is 9.86. The molecule has 1 aromatic heterocycles. The van der Waals surface area contributed by atoms with Crippen LogP contribution in [0.1, 0.15) is 49.0 Å². The van der Waals surface area contributed by atoms with E-state index in [4.69, 9.17) is 10.7 Å². The van der Waals surface area contributed by atoms with Gasteiger partial charge in [0.15, 0.2) is 0 Å². The van der Waals surface area contributed by atoms with Gasteiger partial charge in [-0.25, -0.2) is 4.98 Å². The fraction of sp³-hybridized carbons (Fsp3) is 0.500. The Morgan fingerprint density at radius 2 is 1.95 bits per heavy atom. The monoisotopic (exact) mass is 302 g/mol. The van der Waals surface area contributed by atoms with Gasteiger partial charge in [-0.3, -0.25) is 0 Å². The molecule has 2 rings (SSSR count). The molecular formula is C18H26N2S. The average Bonchev–Trinajstić information content (AvgIpc) is 2.86. The largest absolute Gasteiger partial charge is 0.327 e. The van der Waals surface area contributed by atoms with Gasteiger partial charge in [-0.05, 0) is 30.9 Å². The summed E-state index contributed by atoms with van der Waals surface area (Å²) in [6.07, 6.45) is 2.94. The van der Waals surface area contributed by atoms with E-state index in [0.717, 1.165) is 24.3 Å². The van der Waals surface area contributed by atoms with Gasteiger partial charge in [-0.2, -0.15) is 0 Å². The number of aromatic nitrogens is 1. The average molecular weight is 302 g/mol. The first-order valence-electron chi connectivity index (χ1n) is 7.61. The van der Waals surface area contributed by atoms with Gasteiger partial charge in [0.1, 0.15) is 0 Å². The third-order valence-corrected chi connectivity index (χ3v) is 4.67. The molecule has 1 atom stereocenters. The highest BCUT2D eigenvalue weighted by atomic mass is 32.1. The van der Waals surface area contributed by atoms with Gasteiger partial charge in [0.05, 0.1) is 10.7 Å². The Morgan fingerprint density at radius 1 is 1.24 bits per heavy atom. The molecule has 0 amide bonds. The molecule has 2 N–H and O–H groups in total. The quantitative estimate of drug-likeness (QED) is 0.896. The Kier molecular flexibility index (Phi) is 5.17. The molecule has 0 spiro atoms. The van der Waals surface area contributed by atoms with E-state index in [1.165, 1.54) is 16.8 Å². The molecule has 0 fully saturated rings. The molecule has 0 bridgehead atoms. The van der Waals surface area contributed by atoms with Crippen molar-refractivity contribution < 1.29 is 0 Å². The predicted octanol–water partition coefficient (Wildman–Crippen LogP) is 4.25. The van der Waals surface area contributed by atoms with Crippen molar-refractivity contribution >= 4 is 11.3 Å². The maximum absolute atomic E-state index is 6.29. The zero-order valence-corrected chi connectivity index (χ0v) is 14.3. The minimum atomic E-state index is 0.125. The van der Waals surface area contributed by atoms with E-state index in [9.17, 15) is 0 Å². The van der Waals surface area contributed by atoms with E-state index in [1.54, 1.807) is 11.3 Å². The van der Waals surface area contributed by atoms with Crippen LogP contribution in [0, 0.1) is 6.92 Å². The summed E-state index contributed by atoms with van der Waals surface area (Å²) in [7, 11) is 0. The zero-order valence-electron chi connectivity index (χ0n) is 13.5. The number of benzene rings is 1. The second-order valence-corrected chi connectivity index (χ2v) is 7.75. The lowest BCUT2D eigenvalue weighted by Crippen LogP contribution is -2.23. The van der Waals surface area contributed by atoms with Crippen molar-refractivity contribution in [2.45, 2.75) is 58.4 Å². The van der Waals surface area contributed by atoms with Crippen LogP contribution in [0.25, 0.3) is 0 Å². The number of aryl methyl sites for hydroxylation is 2. The van der Waals surface area contributed by atoms with Gasteiger partial charge in [-0.1, -0.05) is 45.0 Å². The molecule has 3 heteroatoms. The highest BCUT2D eigenvalue weighted by Gasteiger charge is 2.18. The predicted molar refractivity (Wildman–Crippen MR) is 92.0 cm³/mol. The van der Waals surface area contributed by atoms with Crippen molar-refractivity contribution in [3.8, 4) is 0 Å². The standard InChI is InChI=1S/C18H26N2S/c1-13-7-5-6-8-14(13)9-10-15(19)11-17-20-16(12-21-17)18(2,3)4/h5-8,12,15H,9-11,19H2,1-4H3. The number of nitrogens with two attached hydrogens (primary N) is 1.